The molecule has 0 radical (unpaired) electrons. The quantitative estimate of drug-likeness (QED) is 0.232. The molecular weight excluding hydrogens is 362 g/mol. The van der Waals surface area contributed by atoms with Crippen molar-refractivity contribution in [1.82, 2.24) is 10.6 Å². The van der Waals surface area contributed by atoms with Crippen LogP contribution in [0.15, 0.2) is 0 Å². The van der Waals surface area contributed by atoms with Crippen molar-refractivity contribution in [3.63, 3.8) is 0 Å². The van der Waals surface area contributed by atoms with Crippen molar-refractivity contribution in [3.8, 4) is 0 Å². The van der Waals surface area contributed by atoms with Crippen LogP contribution in [0, 0.1) is 5.92 Å². The minimum absolute atomic E-state index is 0.0251. The summed E-state index contributed by atoms with van der Waals surface area (Å²) in [5.74, 6) is -5.28. The maximum absolute atomic E-state index is 12.4. The van der Waals surface area contributed by atoms with Gasteiger partial charge in [0.15, 0.2) is 0 Å². The molecule has 27 heavy (non-hydrogen) atoms. The van der Waals surface area contributed by atoms with Gasteiger partial charge in [-0.3, -0.25) is 19.2 Å². The Morgan fingerprint density at radius 2 is 1.30 bits per heavy atom. The summed E-state index contributed by atoms with van der Waals surface area (Å²) in [4.78, 5) is 57.0. The first-order valence-electron chi connectivity index (χ1n) is 8.46. The molecule has 0 aliphatic rings. The standard InChI is InChI=1S/C16H27N3O8/c1-8(2)7-11(16(26)27)19-15(25)10(4-6-13(22)23)18-14(24)9(17)3-5-12(20)21/h8-11H,3-7,17H2,1-2H3,(H,18,24)(H,19,25)(H,20,21)(H,22,23)(H,26,27)/t9-,10-,11-/m0/s1. The summed E-state index contributed by atoms with van der Waals surface area (Å²) >= 11 is 0. The SMILES string of the molecule is CC(C)C[C@H](NC(=O)[C@H](CCC(=O)O)NC(=O)[C@@H](N)CCC(=O)O)C(=O)O. The molecule has 0 fully saturated rings. The molecule has 0 spiro atoms. The van der Waals surface area contributed by atoms with Crippen LogP contribution in [-0.2, 0) is 24.0 Å². The van der Waals surface area contributed by atoms with Crippen molar-refractivity contribution in [2.75, 3.05) is 0 Å². The van der Waals surface area contributed by atoms with Crippen LogP contribution >= 0.6 is 0 Å². The Morgan fingerprint density at radius 1 is 0.815 bits per heavy atom. The number of hydrogen-bond acceptors (Lipinski definition) is 6. The third-order valence-electron chi connectivity index (χ3n) is 3.61. The predicted octanol–water partition coefficient (Wildman–Crippen LogP) is -0.856. The van der Waals surface area contributed by atoms with Gasteiger partial charge in [-0.2, -0.15) is 0 Å². The van der Waals surface area contributed by atoms with Crippen LogP contribution in [0.25, 0.3) is 0 Å². The Balaban J connectivity index is 5.07. The van der Waals surface area contributed by atoms with E-state index in [1.54, 1.807) is 13.8 Å². The third kappa shape index (κ3) is 10.8. The number of nitrogens with one attached hydrogen (secondary N) is 2. The summed E-state index contributed by atoms with van der Waals surface area (Å²) in [6.07, 6.45) is -1.08. The Labute approximate surface area is 156 Å². The average Bonchev–Trinajstić information content (AvgIpc) is 2.54. The first-order chi connectivity index (χ1) is 12.4. The number of amides is 2. The minimum Gasteiger partial charge on any atom is -0.481 e. The second-order valence-electron chi connectivity index (χ2n) is 6.56. The van der Waals surface area contributed by atoms with Crippen molar-refractivity contribution in [2.45, 2.75) is 64.1 Å². The molecule has 154 valence electrons. The van der Waals surface area contributed by atoms with E-state index in [1.807, 2.05) is 0 Å². The van der Waals surface area contributed by atoms with Crippen LogP contribution in [0.5, 0.6) is 0 Å². The zero-order chi connectivity index (χ0) is 21.1. The second-order valence-corrected chi connectivity index (χ2v) is 6.56. The highest BCUT2D eigenvalue weighted by Gasteiger charge is 2.28. The van der Waals surface area contributed by atoms with Crippen molar-refractivity contribution in [1.29, 1.82) is 0 Å². The number of carbonyl (C=O) groups is 5. The maximum Gasteiger partial charge on any atom is 0.326 e. The van der Waals surface area contributed by atoms with Gasteiger partial charge in [0.05, 0.1) is 6.04 Å². The van der Waals surface area contributed by atoms with Gasteiger partial charge in [-0.15, -0.1) is 0 Å². The Bertz CT molecular complexity index is 564. The Morgan fingerprint density at radius 3 is 1.74 bits per heavy atom. The molecule has 0 saturated heterocycles. The smallest absolute Gasteiger partial charge is 0.326 e. The summed E-state index contributed by atoms with van der Waals surface area (Å²) in [6, 6.07) is -3.70. The van der Waals surface area contributed by atoms with Crippen LogP contribution in [0.2, 0.25) is 0 Å². The van der Waals surface area contributed by atoms with Gasteiger partial charge in [0.25, 0.3) is 0 Å². The molecule has 0 aliphatic carbocycles. The summed E-state index contributed by atoms with van der Waals surface area (Å²) in [5, 5.41) is 31.1. The topological polar surface area (TPSA) is 196 Å². The van der Waals surface area contributed by atoms with E-state index >= 15 is 0 Å². The van der Waals surface area contributed by atoms with Crippen molar-refractivity contribution < 1.29 is 39.3 Å². The zero-order valence-corrected chi connectivity index (χ0v) is 15.3. The average molecular weight is 389 g/mol. The van der Waals surface area contributed by atoms with Crippen molar-refractivity contribution in [2.24, 2.45) is 11.7 Å². The molecule has 2 amide bonds. The fraction of sp³-hybridized carbons (Fsp3) is 0.688. The third-order valence-corrected chi connectivity index (χ3v) is 3.61. The van der Waals surface area contributed by atoms with Crippen LogP contribution in [0.1, 0.15) is 46.0 Å². The van der Waals surface area contributed by atoms with Gasteiger partial charge < -0.3 is 31.7 Å². The molecule has 3 atom stereocenters. The number of hydrogen-bond donors (Lipinski definition) is 6. The number of nitrogens with two attached hydrogens (primary N) is 1. The van der Waals surface area contributed by atoms with Crippen LogP contribution in [-0.4, -0.2) is 63.2 Å². The molecule has 0 saturated carbocycles. The van der Waals surface area contributed by atoms with Crippen LogP contribution in [0.3, 0.4) is 0 Å². The van der Waals surface area contributed by atoms with E-state index in [0.29, 0.717) is 0 Å². The minimum atomic E-state index is -1.31. The first kappa shape index (κ1) is 24.3. The Kier molecular flexibility index (Phi) is 10.7. The fourth-order valence-corrected chi connectivity index (χ4v) is 2.19. The van der Waals surface area contributed by atoms with Crippen LogP contribution < -0.4 is 16.4 Å². The fourth-order valence-electron chi connectivity index (χ4n) is 2.19. The predicted molar refractivity (Wildman–Crippen MR) is 92.7 cm³/mol. The normalized spacial score (nSPS) is 14.1. The molecule has 0 aromatic rings. The van der Waals surface area contributed by atoms with Gasteiger partial charge in [-0.25, -0.2) is 4.79 Å². The van der Waals surface area contributed by atoms with E-state index in [9.17, 15) is 29.1 Å². The number of carboxylic acids is 3. The molecule has 11 heteroatoms. The van der Waals surface area contributed by atoms with E-state index in [-0.39, 0.29) is 31.6 Å². The van der Waals surface area contributed by atoms with Gasteiger partial charge in [-0.05, 0) is 25.2 Å². The molecule has 0 heterocycles. The molecule has 0 aromatic carbocycles. The molecular formula is C16H27N3O8. The largest absolute Gasteiger partial charge is 0.481 e. The molecule has 0 bridgehead atoms. The Hall–Kier alpha value is -2.69. The number of rotatable bonds is 13. The highest BCUT2D eigenvalue weighted by molar-refractivity contribution is 5.92. The van der Waals surface area contributed by atoms with E-state index in [4.69, 9.17) is 15.9 Å². The lowest BCUT2D eigenvalue weighted by Crippen LogP contribution is -2.54. The van der Waals surface area contributed by atoms with E-state index in [2.05, 4.69) is 10.6 Å². The summed E-state index contributed by atoms with van der Waals surface area (Å²) in [5.41, 5.74) is 5.57. The van der Waals surface area contributed by atoms with Gasteiger partial charge in [0.1, 0.15) is 12.1 Å². The molecule has 7 N–H and O–H groups in total. The molecule has 0 unspecified atom stereocenters. The maximum atomic E-state index is 12.4. The first-order valence-corrected chi connectivity index (χ1v) is 8.46. The monoisotopic (exact) mass is 389 g/mol. The highest BCUT2D eigenvalue weighted by Crippen LogP contribution is 2.07. The summed E-state index contributed by atoms with van der Waals surface area (Å²) in [7, 11) is 0. The van der Waals surface area contributed by atoms with Gasteiger partial charge in [0.2, 0.25) is 11.8 Å². The van der Waals surface area contributed by atoms with Crippen molar-refractivity contribution >= 4 is 29.7 Å². The highest BCUT2D eigenvalue weighted by atomic mass is 16.4. The van der Waals surface area contributed by atoms with Crippen LogP contribution in [0.4, 0.5) is 0 Å². The van der Waals surface area contributed by atoms with Gasteiger partial charge in [0, 0.05) is 12.8 Å². The summed E-state index contributed by atoms with van der Waals surface area (Å²) in [6.45, 7) is 3.54. The molecule has 0 aliphatic heterocycles. The lowest BCUT2D eigenvalue weighted by Gasteiger charge is -2.23. The molecule has 11 nitrogen and oxygen atoms in total. The van der Waals surface area contributed by atoms with Gasteiger partial charge in [-0.1, -0.05) is 13.8 Å². The number of aliphatic carboxylic acids is 3. The van der Waals surface area contributed by atoms with E-state index in [1.165, 1.54) is 0 Å². The molecule has 0 aromatic heterocycles. The zero-order valence-electron chi connectivity index (χ0n) is 15.3. The molecule has 0 rings (SSSR count). The van der Waals surface area contributed by atoms with Gasteiger partial charge >= 0.3 is 17.9 Å². The second kappa shape index (κ2) is 11.8. The van der Waals surface area contributed by atoms with Crippen molar-refractivity contribution in [3.05, 3.63) is 0 Å². The number of carboxylic acid groups (broad SMARTS) is 3. The van der Waals surface area contributed by atoms with E-state index in [0.717, 1.165) is 0 Å². The van der Waals surface area contributed by atoms with E-state index < -0.39 is 54.3 Å². The summed E-state index contributed by atoms with van der Waals surface area (Å²) < 4.78 is 0. The lowest BCUT2D eigenvalue weighted by atomic mass is 10.0. The number of carbonyl (C=O) groups excluding carboxylic acids is 2. The lowest BCUT2D eigenvalue weighted by molar-refractivity contribution is -0.143.